The third kappa shape index (κ3) is 4.98. The predicted octanol–water partition coefficient (Wildman–Crippen LogP) is 3.25. The van der Waals surface area contributed by atoms with Crippen molar-refractivity contribution >= 4 is 6.03 Å². The molecule has 1 fully saturated rings. The van der Waals surface area contributed by atoms with Gasteiger partial charge >= 0.3 is 6.03 Å². The van der Waals surface area contributed by atoms with Crippen LogP contribution in [-0.2, 0) is 17.9 Å². The standard InChI is InChI=1S/C19H21F2N3O2/c20-17-6-5-14(9-18(17)21)11-23-19(25)24-8-2-4-16(12-24)26-13-15-3-1-7-22-10-15/h1,3,5-7,9-10,16H,2,4,8,11-13H2,(H,23,25)/t16-/m1/s1. The number of urea groups is 1. The molecular formula is C19H21F2N3O2. The average Bonchev–Trinajstić information content (AvgIpc) is 2.68. The number of nitrogens with one attached hydrogen (secondary N) is 1. The Morgan fingerprint density at radius 3 is 2.92 bits per heavy atom. The first-order chi connectivity index (χ1) is 12.6. The van der Waals surface area contributed by atoms with Gasteiger partial charge in [0.05, 0.1) is 12.7 Å². The monoisotopic (exact) mass is 361 g/mol. The fourth-order valence-corrected chi connectivity index (χ4v) is 2.90. The van der Waals surface area contributed by atoms with Crippen molar-refractivity contribution in [3.8, 4) is 0 Å². The molecule has 1 aliphatic heterocycles. The van der Waals surface area contributed by atoms with Crippen LogP contribution in [0.1, 0.15) is 24.0 Å². The fraction of sp³-hybridized carbons (Fsp3) is 0.368. The Labute approximate surface area is 151 Å². The summed E-state index contributed by atoms with van der Waals surface area (Å²) in [6, 6.07) is 7.17. The maximum Gasteiger partial charge on any atom is 0.317 e. The van der Waals surface area contributed by atoms with Crippen LogP contribution in [0.2, 0.25) is 0 Å². The number of rotatable bonds is 5. The summed E-state index contributed by atoms with van der Waals surface area (Å²) in [5.41, 5.74) is 1.51. The summed E-state index contributed by atoms with van der Waals surface area (Å²) in [7, 11) is 0. The summed E-state index contributed by atoms with van der Waals surface area (Å²) in [6.07, 6.45) is 5.19. The number of aromatic nitrogens is 1. The van der Waals surface area contributed by atoms with Gasteiger partial charge in [-0.2, -0.15) is 0 Å². The number of nitrogens with zero attached hydrogens (tertiary/aromatic N) is 2. The molecule has 7 heteroatoms. The molecule has 1 aromatic heterocycles. The van der Waals surface area contributed by atoms with Gasteiger partial charge < -0.3 is 15.0 Å². The second-order valence-corrected chi connectivity index (χ2v) is 6.29. The van der Waals surface area contributed by atoms with Gasteiger partial charge in [0.1, 0.15) is 0 Å². The molecule has 0 bridgehead atoms. The van der Waals surface area contributed by atoms with Crippen LogP contribution in [0.4, 0.5) is 13.6 Å². The van der Waals surface area contributed by atoms with E-state index in [1.807, 2.05) is 12.1 Å². The van der Waals surface area contributed by atoms with E-state index >= 15 is 0 Å². The lowest BCUT2D eigenvalue weighted by molar-refractivity contribution is -0.000460. The number of hydrogen-bond donors (Lipinski definition) is 1. The first kappa shape index (κ1) is 18.3. The molecule has 2 aromatic rings. The summed E-state index contributed by atoms with van der Waals surface area (Å²) in [5.74, 6) is -1.82. The molecule has 1 saturated heterocycles. The highest BCUT2D eigenvalue weighted by Gasteiger charge is 2.24. The van der Waals surface area contributed by atoms with E-state index in [0.29, 0.717) is 25.3 Å². The number of halogens is 2. The highest BCUT2D eigenvalue weighted by Crippen LogP contribution is 2.15. The van der Waals surface area contributed by atoms with Crippen LogP contribution in [0.3, 0.4) is 0 Å². The van der Waals surface area contributed by atoms with Gasteiger partial charge in [0.2, 0.25) is 0 Å². The summed E-state index contributed by atoms with van der Waals surface area (Å²) in [6.45, 7) is 1.76. The van der Waals surface area contributed by atoms with E-state index < -0.39 is 11.6 Å². The van der Waals surface area contributed by atoms with Crippen LogP contribution in [-0.4, -0.2) is 35.1 Å². The molecule has 2 amide bonds. The zero-order chi connectivity index (χ0) is 18.4. The minimum atomic E-state index is -0.918. The van der Waals surface area contributed by atoms with Crippen LogP contribution in [0.5, 0.6) is 0 Å². The number of carbonyl (C=O) groups excluding carboxylic acids is 1. The van der Waals surface area contributed by atoms with Crippen LogP contribution in [0.25, 0.3) is 0 Å². The van der Waals surface area contributed by atoms with Crippen LogP contribution in [0.15, 0.2) is 42.7 Å². The number of carbonyl (C=O) groups is 1. The maximum absolute atomic E-state index is 13.2. The summed E-state index contributed by atoms with van der Waals surface area (Å²) in [5, 5.41) is 2.74. The lowest BCUT2D eigenvalue weighted by Crippen LogP contribution is -2.47. The van der Waals surface area contributed by atoms with Gasteiger partial charge in [-0.1, -0.05) is 12.1 Å². The quantitative estimate of drug-likeness (QED) is 0.889. The topological polar surface area (TPSA) is 54.5 Å². The Morgan fingerprint density at radius 1 is 1.27 bits per heavy atom. The largest absolute Gasteiger partial charge is 0.372 e. The van der Waals surface area contributed by atoms with Crippen molar-refractivity contribution in [3.63, 3.8) is 0 Å². The molecule has 0 radical (unpaired) electrons. The first-order valence-corrected chi connectivity index (χ1v) is 8.59. The summed E-state index contributed by atoms with van der Waals surface area (Å²) >= 11 is 0. The third-order valence-corrected chi connectivity index (χ3v) is 4.30. The molecule has 5 nitrogen and oxygen atoms in total. The van der Waals surface area contributed by atoms with E-state index in [-0.39, 0.29) is 18.7 Å². The van der Waals surface area contributed by atoms with Crippen molar-refractivity contribution in [2.45, 2.75) is 32.1 Å². The molecule has 138 valence electrons. The van der Waals surface area contributed by atoms with E-state index in [2.05, 4.69) is 10.3 Å². The van der Waals surface area contributed by atoms with Gasteiger partial charge in [0.15, 0.2) is 11.6 Å². The zero-order valence-corrected chi connectivity index (χ0v) is 14.3. The third-order valence-electron chi connectivity index (χ3n) is 4.30. The minimum Gasteiger partial charge on any atom is -0.372 e. The van der Waals surface area contributed by atoms with Crippen molar-refractivity contribution in [2.24, 2.45) is 0 Å². The van der Waals surface area contributed by atoms with Crippen molar-refractivity contribution in [1.82, 2.24) is 15.2 Å². The Bertz CT molecular complexity index is 743. The number of pyridine rings is 1. The molecule has 0 unspecified atom stereocenters. The highest BCUT2D eigenvalue weighted by molar-refractivity contribution is 5.74. The summed E-state index contributed by atoms with van der Waals surface area (Å²) < 4.78 is 32.0. The van der Waals surface area contributed by atoms with E-state index in [9.17, 15) is 13.6 Å². The molecule has 2 heterocycles. The Kier molecular flexibility index (Phi) is 6.12. The molecular weight excluding hydrogens is 340 g/mol. The fourth-order valence-electron chi connectivity index (χ4n) is 2.90. The molecule has 1 N–H and O–H groups in total. The molecule has 1 aromatic carbocycles. The van der Waals surface area contributed by atoms with Gasteiger partial charge in [0.25, 0.3) is 0 Å². The second kappa shape index (κ2) is 8.71. The number of piperidine rings is 1. The van der Waals surface area contributed by atoms with Gasteiger partial charge in [-0.3, -0.25) is 4.98 Å². The van der Waals surface area contributed by atoms with E-state index in [0.717, 1.165) is 30.5 Å². The molecule has 1 aliphatic rings. The molecule has 0 saturated carbocycles. The normalized spacial score (nSPS) is 17.2. The SMILES string of the molecule is O=C(NCc1ccc(F)c(F)c1)N1CCC[C@@H](OCc2cccnc2)C1. The zero-order valence-electron chi connectivity index (χ0n) is 14.3. The van der Waals surface area contributed by atoms with Gasteiger partial charge in [-0.05, 0) is 42.2 Å². The van der Waals surface area contributed by atoms with Crippen LogP contribution < -0.4 is 5.32 Å². The van der Waals surface area contributed by atoms with Crippen molar-refractivity contribution in [2.75, 3.05) is 13.1 Å². The Morgan fingerprint density at radius 2 is 2.15 bits per heavy atom. The van der Waals surface area contributed by atoms with Crippen molar-refractivity contribution in [3.05, 3.63) is 65.5 Å². The maximum atomic E-state index is 13.2. The predicted molar refractivity (Wildman–Crippen MR) is 92.2 cm³/mol. The van der Waals surface area contributed by atoms with E-state index in [1.165, 1.54) is 6.07 Å². The molecule has 0 spiro atoms. The smallest absolute Gasteiger partial charge is 0.317 e. The molecule has 0 aliphatic carbocycles. The van der Waals surface area contributed by atoms with Gasteiger partial charge in [-0.25, -0.2) is 13.6 Å². The van der Waals surface area contributed by atoms with E-state index in [4.69, 9.17) is 4.74 Å². The van der Waals surface area contributed by atoms with Crippen molar-refractivity contribution in [1.29, 1.82) is 0 Å². The minimum absolute atomic E-state index is 0.0297. The van der Waals surface area contributed by atoms with Crippen molar-refractivity contribution < 1.29 is 18.3 Å². The second-order valence-electron chi connectivity index (χ2n) is 6.29. The number of hydrogen-bond acceptors (Lipinski definition) is 3. The van der Waals surface area contributed by atoms with Gasteiger partial charge in [0, 0.05) is 32.0 Å². The lowest BCUT2D eigenvalue weighted by Gasteiger charge is -2.32. The van der Waals surface area contributed by atoms with Gasteiger partial charge in [-0.15, -0.1) is 0 Å². The molecule has 1 atom stereocenters. The Balaban J connectivity index is 1.47. The van der Waals surface area contributed by atoms with Crippen LogP contribution in [0, 0.1) is 11.6 Å². The highest BCUT2D eigenvalue weighted by atomic mass is 19.2. The molecule has 3 rings (SSSR count). The lowest BCUT2D eigenvalue weighted by atomic mass is 10.1. The van der Waals surface area contributed by atoms with E-state index in [1.54, 1.807) is 17.3 Å². The number of benzene rings is 1. The average molecular weight is 361 g/mol. The Hall–Kier alpha value is -2.54. The molecule has 26 heavy (non-hydrogen) atoms. The first-order valence-electron chi connectivity index (χ1n) is 8.59. The van der Waals surface area contributed by atoms with Crippen LogP contribution >= 0.6 is 0 Å². The summed E-state index contributed by atoms with van der Waals surface area (Å²) in [4.78, 5) is 18.1. The number of ether oxygens (including phenoxy) is 1. The number of amides is 2. The number of likely N-dealkylation sites (tertiary alicyclic amines) is 1.